The number of carbonyl (C=O) groups excluding carboxylic acids is 2. The van der Waals surface area contributed by atoms with E-state index in [2.05, 4.69) is 10.6 Å². The van der Waals surface area contributed by atoms with Gasteiger partial charge in [0.2, 0.25) is 12.2 Å². The lowest BCUT2D eigenvalue weighted by Gasteiger charge is -2.16. The molecular weight excluding hydrogens is 224 g/mol. The molecule has 6 nitrogen and oxygen atoms in total. The van der Waals surface area contributed by atoms with Crippen molar-refractivity contribution in [2.75, 3.05) is 13.2 Å². The van der Waals surface area contributed by atoms with E-state index in [1.165, 1.54) is 6.08 Å². The van der Waals surface area contributed by atoms with Crippen LogP contribution in [0.4, 0.5) is 0 Å². The maximum Gasteiger partial charge on any atom is 0.335 e. The quantitative estimate of drug-likeness (QED) is 0.657. The smallest absolute Gasteiger partial charge is 0.335 e. The van der Waals surface area contributed by atoms with Gasteiger partial charge in [0.15, 0.2) is 0 Å². The summed E-state index contributed by atoms with van der Waals surface area (Å²) in [6.45, 7) is 3.05. The number of carbonyl (C=O) groups is 2. The summed E-state index contributed by atoms with van der Waals surface area (Å²) in [7, 11) is 0. The van der Waals surface area contributed by atoms with Crippen molar-refractivity contribution in [3.05, 3.63) is 11.8 Å². The van der Waals surface area contributed by atoms with Gasteiger partial charge in [0, 0.05) is 12.7 Å². The number of rotatable bonds is 4. The lowest BCUT2D eigenvalue weighted by molar-refractivity contribution is -0.159. The monoisotopic (exact) mass is 240 g/mol. The van der Waals surface area contributed by atoms with Crippen molar-refractivity contribution in [3.8, 4) is 0 Å². The highest BCUT2D eigenvalue weighted by atomic mass is 16.7. The van der Waals surface area contributed by atoms with Crippen LogP contribution in [0.15, 0.2) is 11.8 Å². The fourth-order valence-corrected chi connectivity index (χ4v) is 1.91. The first-order valence-electron chi connectivity index (χ1n) is 5.78. The van der Waals surface area contributed by atoms with E-state index in [0.29, 0.717) is 12.3 Å². The van der Waals surface area contributed by atoms with E-state index < -0.39 is 12.3 Å². The van der Waals surface area contributed by atoms with Crippen molar-refractivity contribution in [2.45, 2.75) is 32.1 Å². The number of hydrogen-bond acceptors (Lipinski definition) is 5. The minimum Gasteiger partial charge on any atom is -0.426 e. The van der Waals surface area contributed by atoms with E-state index >= 15 is 0 Å². The first kappa shape index (κ1) is 12.1. The van der Waals surface area contributed by atoms with E-state index in [-0.39, 0.29) is 11.9 Å². The van der Waals surface area contributed by atoms with Crippen LogP contribution in [0.5, 0.6) is 0 Å². The number of esters is 1. The Morgan fingerprint density at radius 3 is 3.18 bits per heavy atom. The molecule has 94 valence electrons. The Hall–Kier alpha value is -1.40. The molecule has 0 aromatic rings. The SMILES string of the molecule is CCO[C@H]1OC(=O)C=C1NC(=O)[C@@H]1CCCN1. The second-order valence-corrected chi connectivity index (χ2v) is 3.96. The van der Waals surface area contributed by atoms with Crippen LogP contribution in [-0.4, -0.2) is 37.4 Å². The summed E-state index contributed by atoms with van der Waals surface area (Å²) in [5, 5.41) is 5.76. The van der Waals surface area contributed by atoms with Crippen LogP contribution in [0.2, 0.25) is 0 Å². The van der Waals surface area contributed by atoms with Gasteiger partial charge in [0.25, 0.3) is 0 Å². The summed E-state index contributed by atoms with van der Waals surface area (Å²) in [5.74, 6) is -0.630. The number of hydrogen-bond donors (Lipinski definition) is 2. The maximum absolute atomic E-state index is 11.8. The molecule has 2 atom stereocenters. The minimum absolute atomic E-state index is 0.142. The third-order valence-electron chi connectivity index (χ3n) is 2.71. The van der Waals surface area contributed by atoms with Gasteiger partial charge < -0.3 is 20.1 Å². The Labute approximate surface area is 99.3 Å². The molecule has 2 N–H and O–H groups in total. The Morgan fingerprint density at radius 1 is 1.71 bits per heavy atom. The molecule has 0 radical (unpaired) electrons. The molecule has 1 fully saturated rings. The molecule has 2 heterocycles. The maximum atomic E-state index is 11.8. The Bertz CT molecular complexity index is 347. The van der Waals surface area contributed by atoms with Crippen molar-refractivity contribution >= 4 is 11.9 Å². The molecular formula is C11H16N2O4. The molecule has 2 aliphatic heterocycles. The molecule has 1 saturated heterocycles. The van der Waals surface area contributed by atoms with E-state index in [4.69, 9.17) is 9.47 Å². The minimum atomic E-state index is -0.780. The normalized spacial score (nSPS) is 27.8. The highest BCUT2D eigenvalue weighted by molar-refractivity contribution is 5.89. The molecule has 2 rings (SSSR count). The van der Waals surface area contributed by atoms with Crippen LogP contribution < -0.4 is 10.6 Å². The lowest BCUT2D eigenvalue weighted by atomic mass is 10.2. The summed E-state index contributed by atoms with van der Waals surface area (Å²) >= 11 is 0. The van der Waals surface area contributed by atoms with Gasteiger partial charge in [-0.25, -0.2) is 4.79 Å². The third kappa shape index (κ3) is 2.83. The molecule has 0 saturated carbocycles. The average molecular weight is 240 g/mol. The highest BCUT2D eigenvalue weighted by Gasteiger charge is 2.30. The molecule has 0 bridgehead atoms. The predicted octanol–water partition coefficient (Wildman–Crippen LogP) is -0.342. The Kier molecular flexibility index (Phi) is 3.75. The summed E-state index contributed by atoms with van der Waals surface area (Å²) in [4.78, 5) is 22.9. The van der Waals surface area contributed by atoms with Crippen LogP contribution in [0, 0.1) is 0 Å². The second-order valence-electron chi connectivity index (χ2n) is 3.96. The fourth-order valence-electron chi connectivity index (χ4n) is 1.91. The van der Waals surface area contributed by atoms with Gasteiger partial charge in [-0.3, -0.25) is 4.79 Å². The van der Waals surface area contributed by atoms with Crippen LogP contribution in [-0.2, 0) is 19.1 Å². The van der Waals surface area contributed by atoms with Crippen molar-refractivity contribution in [1.29, 1.82) is 0 Å². The number of amides is 1. The molecule has 2 aliphatic rings. The molecule has 0 aromatic carbocycles. The van der Waals surface area contributed by atoms with Crippen molar-refractivity contribution in [1.82, 2.24) is 10.6 Å². The second kappa shape index (κ2) is 5.29. The summed E-state index contributed by atoms with van der Waals surface area (Å²) in [6, 6.07) is -0.186. The number of ether oxygens (including phenoxy) is 2. The molecule has 0 unspecified atom stereocenters. The van der Waals surface area contributed by atoms with Crippen LogP contribution in [0.1, 0.15) is 19.8 Å². The molecule has 17 heavy (non-hydrogen) atoms. The van der Waals surface area contributed by atoms with E-state index in [1.807, 2.05) is 0 Å². The number of cyclic esters (lactones) is 1. The lowest BCUT2D eigenvalue weighted by Crippen LogP contribution is -2.42. The van der Waals surface area contributed by atoms with Gasteiger partial charge in [-0.15, -0.1) is 0 Å². The van der Waals surface area contributed by atoms with Gasteiger partial charge in [0.05, 0.1) is 11.7 Å². The first-order valence-corrected chi connectivity index (χ1v) is 5.78. The third-order valence-corrected chi connectivity index (χ3v) is 2.71. The summed E-state index contributed by atoms with van der Waals surface area (Å²) in [5.41, 5.74) is 0.385. The molecule has 6 heteroatoms. The predicted molar refractivity (Wildman–Crippen MR) is 58.8 cm³/mol. The van der Waals surface area contributed by atoms with Gasteiger partial charge in [-0.05, 0) is 26.3 Å². The molecule has 0 spiro atoms. The van der Waals surface area contributed by atoms with Gasteiger partial charge in [-0.1, -0.05) is 0 Å². The van der Waals surface area contributed by atoms with E-state index in [1.54, 1.807) is 6.92 Å². The van der Waals surface area contributed by atoms with Crippen molar-refractivity contribution < 1.29 is 19.1 Å². The standard InChI is InChI=1S/C11H16N2O4/c1-2-16-11-8(6-9(14)17-11)13-10(15)7-4-3-5-12-7/h6-7,11-12H,2-5H2,1H3,(H,13,15)/t7-,11-/m0/s1. The zero-order valence-corrected chi connectivity index (χ0v) is 9.69. The number of nitrogens with one attached hydrogen (secondary N) is 2. The Balaban J connectivity index is 1.94. The highest BCUT2D eigenvalue weighted by Crippen LogP contribution is 2.15. The molecule has 0 aliphatic carbocycles. The van der Waals surface area contributed by atoms with E-state index in [0.717, 1.165) is 19.4 Å². The van der Waals surface area contributed by atoms with Gasteiger partial charge >= 0.3 is 5.97 Å². The van der Waals surface area contributed by atoms with Gasteiger partial charge in [0.1, 0.15) is 0 Å². The molecule has 0 aromatic heterocycles. The molecule has 1 amide bonds. The van der Waals surface area contributed by atoms with Crippen molar-refractivity contribution in [2.24, 2.45) is 0 Å². The van der Waals surface area contributed by atoms with Crippen LogP contribution >= 0.6 is 0 Å². The first-order chi connectivity index (χ1) is 8.20. The van der Waals surface area contributed by atoms with Crippen LogP contribution in [0.25, 0.3) is 0 Å². The van der Waals surface area contributed by atoms with Crippen LogP contribution in [0.3, 0.4) is 0 Å². The van der Waals surface area contributed by atoms with Crippen molar-refractivity contribution in [3.63, 3.8) is 0 Å². The van der Waals surface area contributed by atoms with Gasteiger partial charge in [-0.2, -0.15) is 0 Å². The zero-order valence-electron chi connectivity index (χ0n) is 9.69. The fraction of sp³-hybridized carbons (Fsp3) is 0.636. The Morgan fingerprint density at radius 2 is 2.53 bits per heavy atom. The largest absolute Gasteiger partial charge is 0.426 e. The average Bonchev–Trinajstić information content (AvgIpc) is 2.89. The topological polar surface area (TPSA) is 76.7 Å². The summed E-state index contributed by atoms with van der Waals surface area (Å²) in [6.07, 6.45) is 2.28. The summed E-state index contributed by atoms with van der Waals surface area (Å²) < 4.78 is 10.1. The van der Waals surface area contributed by atoms with E-state index in [9.17, 15) is 9.59 Å². The zero-order chi connectivity index (χ0) is 12.3.